The lowest BCUT2D eigenvalue weighted by Gasteiger charge is -2.02. The predicted molar refractivity (Wildman–Crippen MR) is 62.8 cm³/mol. The van der Waals surface area contributed by atoms with Crippen molar-refractivity contribution < 1.29 is 23.0 Å². The molecule has 0 saturated carbocycles. The first-order valence-electron chi connectivity index (χ1n) is 4.82. The molecule has 1 N–H and O–H groups in total. The second-order valence-electron chi connectivity index (χ2n) is 3.41. The van der Waals surface area contributed by atoms with E-state index >= 15 is 0 Å². The Morgan fingerprint density at radius 1 is 1.44 bits per heavy atom. The molecule has 0 spiro atoms. The van der Waals surface area contributed by atoms with Crippen molar-refractivity contribution in [3.05, 3.63) is 29.0 Å². The Bertz CT molecular complexity index is 604. The van der Waals surface area contributed by atoms with Crippen molar-refractivity contribution in [1.29, 1.82) is 0 Å². The van der Waals surface area contributed by atoms with Gasteiger partial charge in [0.25, 0.3) is 0 Å². The van der Waals surface area contributed by atoms with Crippen LogP contribution in [0.4, 0.5) is 13.2 Å². The Labute approximate surface area is 104 Å². The third-order valence-corrected chi connectivity index (χ3v) is 3.13. The summed E-state index contributed by atoms with van der Waals surface area (Å²) in [5, 5.41) is 8.93. The van der Waals surface area contributed by atoms with Crippen LogP contribution >= 0.6 is 11.3 Å². The quantitative estimate of drug-likeness (QED) is 0.848. The van der Waals surface area contributed by atoms with Gasteiger partial charge in [-0.2, -0.15) is 13.2 Å². The van der Waals surface area contributed by atoms with Gasteiger partial charge >= 0.3 is 6.18 Å². The van der Waals surface area contributed by atoms with E-state index in [2.05, 4.69) is 4.98 Å². The third kappa shape index (κ3) is 2.56. The van der Waals surface area contributed by atoms with E-state index < -0.39 is 11.9 Å². The van der Waals surface area contributed by atoms with Crippen molar-refractivity contribution in [2.45, 2.75) is 6.18 Å². The number of fused-ring (bicyclic) bond motifs is 1. The van der Waals surface area contributed by atoms with Crippen molar-refractivity contribution in [3.8, 4) is 5.75 Å². The molecule has 96 valence electrons. The predicted octanol–water partition coefficient (Wildman–Crippen LogP) is 3.77. The van der Waals surface area contributed by atoms with Crippen LogP contribution in [0.3, 0.4) is 0 Å². The lowest BCUT2D eigenvalue weighted by atomic mass is 10.3. The number of hydrogen-bond donors (Lipinski definition) is 1. The molecular weight excluding hydrogens is 267 g/mol. The zero-order valence-electron chi connectivity index (χ0n) is 9.15. The molecule has 1 aromatic heterocycles. The number of methoxy groups -OCH3 is 1. The van der Waals surface area contributed by atoms with Crippen LogP contribution in [0.2, 0.25) is 0 Å². The number of rotatable bonds is 2. The van der Waals surface area contributed by atoms with Crippen LogP contribution in [0.15, 0.2) is 24.0 Å². The lowest BCUT2D eigenvalue weighted by Crippen LogP contribution is -2.10. The molecule has 18 heavy (non-hydrogen) atoms. The summed E-state index contributed by atoms with van der Waals surface area (Å²) in [7, 11) is 1.50. The van der Waals surface area contributed by atoms with Crippen LogP contribution in [0, 0.1) is 0 Å². The van der Waals surface area contributed by atoms with Crippen LogP contribution in [0.1, 0.15) is 5.01 Å². The van der Waals surface area contributed by atoms with Crippen LogP contribution in [0.5, 0.6) is 5.75 Å². The smallest absolute Gasteiger partial charge is 0.448 e. The van der Waals surface area contributed by atoms with E-state index in [0.717, 1.165) is 11.3 Å². The summed E-state index contributed by atoms with van der Waals surface area (Å²) in [5.41, 5.74) is 0.557. The molecule has 0 radical (unpaired) electrons. The highest BCUT2D eigenvalue weighted by molar-refractivity contribution is 7.19. The van der Waals surface area contributed by atoms with Gasteiger partial charge < -0.3 is 9.84 Å². The molecule has 7 heteroatoms. The van der Waals surface area contributed by atoms with Gasteiger partial charge in [0.1, 0.15) is 10.8 Å². The number of benzene rings is 1. The minimum Gasteiger partial charge on any atom is -0.504 e. The van der Waals surface area contributed by atoms with Gasteiger partial charge in [-0.25, -0.2) is 4.98 Å². The van der Waals surface area contributed by atoms with Crippen LogP contribution in [-0.4, -0.2) is 23.4 Å². The van der Waals surface area contributed by atoms with Crippen molar-refractivity contribution >= 4 is 27.6 Å². The van der Waals surface area contributed by atoms with Gasteiger partial charge in [-0.1, -0.05) is 0 Å². The second-order valence-corrected chi connectivity index (χ2v) is 4.48. The maximum Gasteiger partial charge on any atom is 0.448 e. The van der Waals surface area contributed by atoms with Gasteiger partial charge in [0.15, 0.2) is 0 Å². The SMILES string of the molecule is COc1ccc2nc(/C=C(\O)C(F)(F)F)sc2c1. The first-order chi connectivity index (χ1) is 8.40. The first-order valence-corrected chi connectivity index (χ1v) is 5.64. The number of halogens is 3. The first kappa shape index (κ1) is 12.7. The lowest BCUT2D eigenvalue weighted by molar-refractivity contribution is -0.119. The molecule has 0 unspecified atom stereocenters. The molecule has 0 amide bonds. The zero-order chi connectivity index (χ0) is 13.3. The van der Waals surface area contributed by atoms with E-state index in [0.29, 0.717) is 22.0 Å². The minimum atomic E-state index is -4.75. The van der Waals surface area contributed by atoms with Gasteiger partial charge in [-0.15, -0.1) is 11.3 Å². The molecule has 0 bridgehead atoms. The Morgan fingerprint density at radius 2 is 2.17 bits per heavy atom. The molecule has 0 aliphatic heterocycles. The van der Waals surface area contributed by atoms with E-state index in [9.17, 15) is 13.2 Å². The summed E-state index contributed by atoms with van der Waals surface area (Å²) in [6.07, 6.45) is -4.15. The van der Waals surface area contributed by atoms with E-state index in [1.54, 1.807) is 18.2 Å². The van der Waals surface area contributed by atoms with E-state index in [1.165, 1.54) is 7.11 Å². The molecular formula is C11H8F3NO2S. The third-order valence-electron chi connectivity index (χ3n) is 2.16. The fourth-order valence-electron chi connectivity index (χ4n) is 1.31. The standard InChI is InChI=1S/C11H8F3NO2S/c1-17-6-2-3-7-8(4-6)18-10(15-7)5-9(16)11(12,13)14/h2-5,16H,1H3/b9-5-. The van der Waals surface area contributed by atoms with Crippen molar-refractivity contribution in [2.75, 3.05) is 7.11 Å². The fourth-order valence-corrected chi connectivity index (χ4v) is 2.24. The molecule has 0 saturated heterocycles. The highest BCUT2D eigenvalue weighted by atomic mass is 32.1. The highest BCUT2D eigenvalue weighted by Crippen LogP contribution is 2.30. The molecule has 0 atom stereocenters. The maximum absolute atomic E-state index is 12.1. The normalized spacial score (nSPS) is 13.0. The molecule has 0 aliphatic rings. The molecule has 1 aromatic carbocycles. The molecule has 0 aliphatic carbocycles. The van der Waals surface area contributed by atoms with Gasteiger partial charge in [-0.05, 0) is 18.2 Å². The number of aliphatic hydroxyl groups excluding tert-OH is 1. The summed E-state index contributed by atoms with van der Waals surface area (Å²) in [6, 6.07) is 4.99. The highest BCUT2D eigenvalue weighted by Gasteiger charge is 2.33. The monoisotopic (exact) mass is 275 g/mol. The number of thiazole rings is 1. The average molecular weight is 275 g/mol. The van der Waals surface area contributed by atoms with Crippen molar-refractivity contribution in [1.82, 2.24) is 4.98 Å². The number of alkyl halides is 3. The van der Waals surface area contributed by atoms with Gasteiger partial charge in [-0.3, -0.25) is 0 Å². The minimum absolute atomic E-state index is 0.0908. The zero-order valence-corrected chi connectivity index (χ0v) is 9.97. The number of allylic oxidation sites excluding steroid dienone is 1. The number of aliphatic hydroxyl groups is 1. The van der Waals surface area contributed by atoms with E-state index in [-0.39, 0.29) is 5.01 Å². The number of nitrogens with zero attached hydrogens (tertiary/aromatic N) is 1. The van der Waals surface area contributed by atoms with Crippen LogP contribution in [0.25, 0.3) is 16.3 Å². The molecule has 1 heterocycles. The van der Waals surface area contributed by atoms with E-state index in [4.69, 9.17) is 9.84 Å². The maximum atomic E-state index is 12.1. The summed E-state index contributed by atoms with van der Waals surface area (Å²) in [6.45, 7) is 0. The molecule has 3 nitrogen and oxygen atoms in total. The van der Waals surface area contributed by atoms with Crippen LogP contribution in [-0.2, 0) is 0 Å². The van der Waals surface area contributed by atoms with Crippen molar-refractivity contribution in [3.63, 3.8) is 0 Å². The van der Waals surface area contributed by atoms with Gasteiger partial charge in [0.05, 0.1) is 17.3 Å². The molecule has 2 aromatic rings. The number of aromatic nitrogens is 1. The summed E-state index contributed by atoms with van der Waals surface area (Å²) in [4.78, 5) is 3.97. The molecule has 2 rings (SSSR count). The van der Waals surface area contributed by atoms with Crippen molar-refractivity contribution in [2.24, 2.45) is 0 Å². The second kappa shape index (κ2) is 4.49. The largest absolute Gasteiger partial charge is 0.504 e. The Kier molecular flexibility index (Phi) is 3.16. The summed E-state index contributed by atoms with van der Waals surface area (Å²) < 4.78 is 42.1. The fraction of sp³-hybridized carbons (Fsp3) is 0.182. The van der Waals surface area contributed by atoms with Gasteiger partial charge in [0.2, 0.25) is 5.76 Å². The molecule has 0 fully saturated rings. The van der Waals surface area contributed by atoms with Crippen LogP contribution < -0.4 is 4.74 Å². The number of ether oxygens (including phenoxy) is 1. The Balaban J connectivity index is 2.42. The Morgan fingerprint density at radius 3 is 2.78 bits per heavy atom. The summed E-state index contributed by atoms with van der Waals surface area (Å²) in [5.74, 6) is -1.06. The van der Waals surface area contributed by atoms with E-state index in [1.807, 2.05) is 0 Å². The summed E-state index contributed by atoms with van der Waals surface area (Å²) >= 11 is 1.04. The topological polar surface area (TPSA) is 42.4 Å². The number of hydrogen-bond acceptors (Lipinski definition) is 4. The van der Waals surface area contributed by atoms with Gasteiger partial charge in [0, 0.05) is 6.08 Å². The average Bonchev–Trinajstić information content (AvgIpc) is 2.68. The Hall–Kier alpha value is -1.76.